The van der Waals surface area contributed by atoms with Crippen LogP contribution in [0.4, 0.5) is 5.69 Å². The van der Waals surface area contributed by atoms with Crippen molar-refractivity contribution in [1.29, 1.82) is 0 Å². The molecule has 104 valence electrons. The van der Waals surface area contributed by atoms with E-state index in [1.807, 2.05) is 17.8 Å². The molecule has 1 aromatic carbocycles. The minimum atomic E-state index is -0.0358. The van der Waals surface area contributed by atoms with Crippen LogP contribution in [0.5, 0.6) is 0 Å². The molecule has 0 heterocycles. The average molecular weight is 343 g/mol. The minimum Gasteiger partial charge on any atom is -0.399 e. The normalized spacial score (nSPS) is 22.4. The van der Waals surface area contributed by atoms with E-state index in [1.54, 1.807) is 12.1 Å². The molecular weight excluding hydrogens is 324 g/mol. The standard InChI is InChI=1S/C14H19BrN2OS/c1-2-19-11-5-4-10(8-11)17-14(18)12-7-9(16)3-6-13(12)15/h3,6-7,10-11H,2,4-5,8,16H2,1H3,(H,17,18). The first-order chi connectivity index (χ1) is 9.10. The van der Waals surface area contributed by atoms with Crippen molar-refractivity contribution in [2.24, 2.45) is 0 Å². The zero-order valence-corrected chi connectivity index (χ0v) is 13.4. The number of anilines is 1. The van der Waals surface area contributed by atoms with Crippen LogP contribution in [-0.2, 0) is 0 Å². The third-order valence-corrected chi connectivity index (χ3v) is 5.28. The van der Waals surface area contributed by atoms with Crippen LogP contribution in [0.1, 0.15) is 36.5 Å². The highest BCUT2D eigenvalue weighted by atomic mass is 79.9. The maximum absolute atomic E-state index is 12.2. The first kappa shape index (κ1) is 14.7. The van der Waals surface area contributed by atoms with Gasteiger partial charge in [-0.15, -0.1) is 0 Å². The Morgan fingerprint density at radius 1 is 1.53 bits per heavy atom. The van der Waals surface area contributed by atoms with E-state index >= 15 is 0 Å². The highest BCUT2D eigenvalue weighted by molar-refractivity contribution is 9.10. The Balaban J connectivity index is 1.96. The third-order valence-electron chi connectivity index (χ3n) is 3.36. The molecule has 0 bridgehead atoms. The van der Waals surface area contributed by atoms with Crippen LogP contribution in [0.15, 0.2) is 22.7 Å². The number of benzene rings is 1. The number of carbonyl (C=O) groups excluding carboxylic acids is 1. The Bertz CT molecular complexity index is 467. The van der Waals surface area contributed by atoms with Gasteiger partial charge in [-0.2, -0.15) is 11.8 Å². The molecular formula is C14H19BrN2OS. The lowest BCUT2D eigenvalue weighted by molar-refractivity contribution is 0.0937. The molecule has 1 saturated carbocycles. The fourth-order valence-corrected chi connectivity index (χ4v) is 4.01. The van der Waals surface area contributed by atoms with Crippen molar-refractivity contribution in [3.8, 4) is 0 Å². The third kappa shape index (κ3) is 3.89. The maximum atomic E-state index is 12.2. The summed E-state index contributed by atoms with van der Waals surface area (Å²) in [4.78, 5) is 12.2. The van der Waals surface area contributed by atoms with Gasteiger partial charge in [0.1, 0.15) is 0 Å². The molecule has 3 N–H and O–H groups in total. The number of nitrogens with two attached hydrogens (primary N) is 1. The second-order valence-corrected chi connectivity index (χ2v) is 7.23. The van der Waals surface area contributed by atoms with E-state index in [2.05, 4.69) is 28.2 Å². The van der Waals surface area contributed by atoms with Gasteiger partial charge in [0.2, 0.25) is 0 Å². The molecule has 0 spiro atoms. The van der Waals surface area contributed by atoms with E-state index in [0.717, 1.165) is 23.1 Å². The highest BCUT2D eigenvalue weighted by Crippen LogP contribution is 2.30. The van der Waals surface area contributed by atoms with E-state index in [4.69, 9.17) is 5.73 Å². The van der Waals surface area contributed by atoms with Gasteiger partial charge in [0.15, 0.2) is 0 Å². The van der Waals surface area contributed by atoms with Crippen molar-refractivity contribution in [3.05, 3.63) is 28.2 Å². The Labute approximate surface area is 126 Å². The van der Waals surface area contributed by atoms with Crippen LogP contribution in [0.25, 0.3) is 0 Å². The number of hydrogen-bond acceptors (Lipinski definition) is 3. The zero-order valence-electron chi connectivity index (χ0n) is 11.0. The zero-order chi connectivity index (χ0) is 13.8. The monoisotopic (exact) mass is 342 g/mol. The van der Waals surface area contributed by atoms with Crippen LogP contribution in [0, 0.1) is 0 Å². The smallest absolute Gasteiger partial charge is 0.252 e. The number of rotatable bonds is 4. The summed E-state index contributed by atoms with van der Waals surface area (Å²) in [5, 5.41) is 3.81. The predicted octanol–water partition coefficient (Wildman–Crippen LogP) is 3.44. The summed E-state index contributed by atoms with van der Waals surface area (Å²) in [6, 6.07) is 5.61. The van der Waals surface area contributed by atoms with Crippen molar-refractivity contribution in [1.82, 2.24) is 5.32 Å². The average Bonchev–Trinajstić information content (AvgIpc) is 2.80. The number of amides is 1. The molecule has 2 rings (SSSR count). The lowest BCUT2D eigenvalue weighted by Gasteiger charge is -2.14. The molecule has 1 aliphatic rings. The van der Waals surface area contributed by atoms with Crippen LogP contribution < -0.4 is 11.1 Å². The summed E-state index contributed by atoms with van der Waals surface area (Å²) in [6.07, 6.45) is 3.34. The van der Waals surface area contributed by atoms with E-state index < -0.39 is 0 Å². The van der Waals surface area contributed by atoms with Gasteiger partial charge >= 0.3 is 0 Å². The van der Waals surface area contributed by atoms with E-state index in [1.165, 1.54) is 6.42 Å². The molecule has 2 unspecified atom stereocenters. The molecule has 1 aliphatic carbocycles. The molecule has 0 aromatic heterocycles. The summed E-state index contributed by atoms with van der Waals surface area (Å²) < 4.78 is 0.789. The predicted molar refractivity (Wildman–Crippen MR) is 85.6 cm³/mol. The van der Waals surface area contributed by atoms with Gasteiger partial charge in [-0.3, -0.25) is 4.79 Å². The lowest BCUT2D eigenvalue weighted by atomic mass is 10.1. The number of nitrogen functional groups attached to an aromatic ring is 1. The number of carbonyl (C=O) groups is 1. The molecule has 19 heavy (non-hydrogen) atoms. The van der Waals surface area contributed by atoms with Crippen molar-refractivity contribution < 1.29 is 4.79 Å². The summed E-state index contributed by atoms with van der Waals surface area (Å²) in [5.74, 6) is 1.11. The van der Waals surface area contributed by atoms with Crippen LogP contribution in [0.3, 0.4) is 0 Å². The van der Waals surface area contributed by atoms with E-state index in [-0.39, 0.29) is 5.91 Å². The summed E-state index contributed by atoms with van der Waals surface area (Å²) in [7, 11) is 0. The number of hydrogen-bond donors (Lipinski definition) is 2. The summed E-state index contributed by atoms with van der Waals surface area (Å²) >= 11 is 5.39. The molecule has 1 amide bonds. The highest BCUT2D eigenvalue weighted by Gasteiger charge is 2.26. The molecule has 1 aromatic rings. The van der Waals surface area contributed by atoms with Crippen LogP contribution >= 0.6 is 27.7 Å². The van der Waals surface area contributed by atoms with Gasteiger partial charge < -0.3 is 11.1 Å². The van der Waals surface area contributed by atoms with Crippen molar-refractivity contribution in [2.45, 2.75) is 37.5 Å². The minimum absolute atomic E-state index is 0.0358. The Hall–Kier alpha value is -0.680. The maximum Gasteiger partial charge on any atom is 0.252 e. The van der Waals surface area contributed by atoms with Gasteiger partial charge in [0, 0.05) is 21.5 Å². The number of halogens is 1. The first-order valence-electron chi connectivity index (χ1n) is 6.57. The Kier molecular flexibility index (Phi) is 5.16. The quantitative estimate of drug-likeness (QED) is 0.824. The Morgan fingerprint density at radius 3 is 3.05 bits per heavy atom. The van der Waals surface area contributed by atoms with Crippen molar-refractivity contribution in [3.63, 3.8) is 0 Å². The molecule has 5 heteroatoms. The second kappa shape index (κ2) is 6.66. The number of thioether (sulfide) groups is 1. The van der Waals surface area contributed by atoms with Crippen molar-refractivity contribution >= 4 is 39.3 Å². The molecule has 1 fully saturated rings. The molecule has 2 atom stereocenters. The van der Waals surface area contributed by atoms with Gasteiger partial charge in [0.25, 0.3) is 5.91 Å². The Morgan fingerprint density at radius 2 is 2.32 bits per heavy atom. The SMILES string of the molecule is CCSC1CCC(NC(=O)c2cc(N)ccc2Br)C1. The second-order valence-electron chi connectivity index (χ2n) is 4.80. The lowest BCUT2D eigenvalue weighted by Crippen LogP contribution is -2.33. The van der Waals surface area contributed by atoms with Crippen LogP contribution in [-0.4, -0.2) is 23.0 Å². The van der Waals surface area contributed by atoms with E-state index in [9.17, 15) is 4.79 Å². The molecule has 3 nitrogen and oxygen atoms in total. The number of nitrogens with one attached hydrogen (secondary N) is 1. The van der Waals surface area contributed by atoms with Gasteiger partial charge in [0.05, 0.1) is 5.56 Å². The van der Waals surface area contributed by atoms with Crippen LogP contribution in [0.2, 0.25) is 0 Å². The summed E-state index contributed by atoms with van der Waals surface area (Å²) in [5.41, 5.74) is 6.96. The fraction of sp³-hybridized carbons (Fsp3) is 0.500. The topological polar surface area (TPSA) is 55.1 Å². The van der Waals surface area contributed by atoms with Gasteiger partial charge in [-0.1, -0.05) is 6.92 Å². The van der Waals surface area contributed by atoms with Gasteiger partial charge in [-0.05, 0) is 59.1 Å². The fourth-order valence-electron chi connectivity index (χ4n) is 2.44. The largest absolute Gasteiger partial charge is 0.399 e. The first-order valence-corrected chi connectivity index (χ1v) is 8.41. The molecule has 0 saturated heterocycles. The molecule has 0 radical (unpaired) electrons. The van der Waals surface area contributed by atoms with Crippen molar-refractivity contribution in [2.75, 3.05) is 11.5 Å². The van der Waals surface area contributed by atoms with E-state index in [0.29, 0.717) is 22.5 Å². The van der Waals surface area contributed by atoms with Gasteiger partial charge in [-0.25, -0.2) is 0 Å². The summed E-state index contributed by atoms with van der Waals surface area (Å²) in [6.45, 7) is 2.18. The molecule has 0 aliphatic heterocycles.